The van der Waals surface area contributed by atoms with Gasteiger partial charge in [-0.05, 0) is 74.1 Å². The zero-order valence-electron chi connectivity index (χ0n) is 69.3. The van der Waals surface area contributed by atoms with Gasteiger partial charge in [-0.2, -0.15) is 0 Å². The minimum Gasteiger partial charge on any atom is -1.00 e. The second-order valence-electron chi connectivity index (χ2n) is 26.1. The number of amides is 8. The molecule has 28 N–H and O–H groups in total. The number of carbonyl (C=O) groups is 10. The number of nitrogens with one attached hydrogen (secondary N) is 18. The molecule has 44 heteroatoms. The van der Waals surface area contributed by atoms with E-state index in [0.717, 1.165) is 148 Å². The van der Waals surface area contributed by atoms with Gasteiger partial charge in [0.15, 0.2) is 0 Å². The number of ether oxygens (including phenoxy) is 4. The van der Waals surface area contributed by atoms with Crippen LogP contribution in [-0.4, -0.2) is 306 Å². The van der Waals surface area contributed by atoms with E-state index in [2.05, 4.69) is 127 Å². The van der Waals surface area contributed by atoms with E-state index >= 15 is 0 Å². The summed E-state index contributed by atoms with van der Waals surface area (Å²) in [5, 5.41) is 60.2. The summed E-state index contributed by atoms with van der Waals surface area (Å²) in [6, 6.07) is 12.4. The smallest absolute Gasteiger partial charge is 0.308 e. The Labute approximate surface area is 707 Å². The average molecular weight is 1720 g/mol. The molecule has 0 aliphatic heterocycles. The number of unbranched alkanes of at least 4 members (excludes halogenated alkanes) is 4. The van der Waals surface area contributed by atoms with Gasteiger partial charge in [-0.3, -0.25) is 47.9 Å². The highest BCUT2D eigenvalue weighted by Crippen LogP contribution is 2.08. The van der Waals surface area contributed by atoms with E-state index in [0.29, 0.717) is 32.7 Å². The Morgan fingerprint density at radius 3 is 1.02 bits per heavy atom. The van der Waals surface area contributed by atoms with Crippen molar-refractivity contribution < 1.29 is 103 Å². The quantitative estimate of drug-likeness (QED) is 0.00961. The van der Waals surface area contributed by atoms with Gasteiger partial charge in [0.05, 0.1) is 65.2 Å². The Morgan fingerprint density at radius 2 is 0.678 bits per heavy atom. The monoisotopic (exact) mass is 1720 g/mol. The number of hydrogen-bond donors (Lipinski definition) is 22. The third-order valence-corrected chi connectivity index (χ3v) is 16.0. The van der Waals surface area contributed by atoms with E-state index in [1.54, 1.807) is 48.5 Å². The molecule has 2 rings (SSSR count). The molecule has 0 aliphatic rings. The van der Waals surface area contributed by atoms with Gasteiger partial charge < -0.3 is 162 Å². The normalized spacial score (nSPS) is 11.5. The molecule has 8 amide bonds. The molecule has 0 radical (unpaired) electrons. The molecule has 2 aromatic rings. The molecule has 0 unspecified atom stereocenters. The second kappa shape index (κ2) is 85.1. The Bertz CT molecular complexity index is 2970. The standard InChI is InChI=1S/C34H74N18O6.C28H34N6O8.C12H30N4.2ClH/c1-28(53)50-30(27-32(55)47-21-19-45-17-15-43-13-11-41-9-7-39-5-3-36)34(57)51-29(33(56)48-22-24-58-25-23-49-52-37)26-31(54)46-20-18-44-16-14-42-12-10-40-8-6-38-4-2-35;1-20(35)32-24(17-26(37)42-19-22-10-6-3-7-11-22)28(39)33-23(27(38)30-12-14-40-15-13-31-34-29)16-25(36)41-18-21-8-4-2-5-9-21;13-7-3-1-4-9-15-10-5-2-6-11-16-12-8-14;;/h29-30,38-45H,2-27,35-36H2,1H3,(H,46,54)(H,47,55)(H,48,56)(H,50,53)(H,51,57);2-11,23-24H,12-19H2,1H3,(H,30,38)(H,32,35)(H,33,39);15-16H,1-14H2;2*1H/t29-,30+;23-,24+;;;/m00.../s1. The lowest BCUT2D eigenvalue weighted by Gasteiger charge is -2.22. The Morgan fingerprint density at radius 1 is 0.364 bits per heavy atom. The van der Waals surface area contributed by atoms with E-state index in [4.69, 9.17) is 41.5 Å². The maximum absolute atomic E-state index is 13.4. The SMILES string of the molecule is CC(=O)N[C@H](CC(=O)NCCNCCNCCNCCNCC[NH3+])C(=O)N[C@@H](CC(=O)NCCNCCNCCNCCNCC[NH3+])C(=O)NCCOCCN=[N+]=[N-].CC(=O)N[C@H](CC(=O)OCc1ccccc1)C(=O)N[C@@H](CC(=O)OCc1ccccc1)C(=O)NCCOCCN=[N+]=[N-].NCCCCCNCCCCCNCCN.[Cl-].[Cl-]. The molecule has 674 valence electrons. The molecular formula is C74H140Cl2N28O14. The van der Waals surface area contributed by atoms with Gasteiger partial charge in [0.25, 0.3) is 0 Å². The predicted octanol–water partition coefficient (Wildman–Crippen LogP) is -12.3. The molecule has 0 aromatic heterocycles. The number of carbonyl (C=O) groups excluding carboxylic acids is 10. The molecule has 0 fully saturated rings. The highest BCUT2D eigenvalue weighted by molar-refractivity contribution is 5.97. The number of benzene rings is 2. The number of quaternary nitrogens is 2. The first-order valence-corrected chi connectivity index (χ1v) is 40.3. The van der Waals surface area contributed by atoms with E-state index in [1.807, 2.05) is 12.1 Å². The molecule has 0 saturated carbocycles. The topological polar surface area (TPSA) is 629 Å². The number of nitrogens with two attached hydrogens (primary N) is 2. The highest BCUT2D eigenvalue weighted by atomic mass is 35.5. The molecule has 0 heterocycles. The molecule has 0 bridgehead atoms. The van der Waals surface area contributed by atoms with Crippen LogP contribution >= 0.6 is 0 Å². The summed E-state index contributed by atoms with van der Waals surface area (Å²) in [6.07, 6.45) is 5.71. The highest BCUT2D eigenvalue weighted by Gasteiger charge is 2.32. The summed E-state index contributed by atoms with van der Waals surface area (Å²) in [4.78, 5) is 132. The number of halogens is 2. The summed E-state index contributed by atoms with van der Waals surface area (Å²) < 4.78 is 21.0. The summed E-state index contributed by atoms with van der Waals surface area (Å²) >= 11 is 0. The second-order valence-corrected chi connectivity index (χ2v) is 26.1. The van der Waals surface area contributed by atoms with Crippen molar-refractivity contribution in [1.82, 2.24) is 95.7 Å². The van der Waals surface area contributed by atoms with Crippen molar-refractivity contribution in [2.75, 3.05) is 223 Å². The molecule has 4 atom stereocenters. The Hall–Kier alpha value is -8.30. The van der Waals surface area contributed by atoms with Gasteiger partial charge in [0.2, 0.25) is 47.3 Å². The van der Waals surface area contributed by atoms with Crippen LogP contribution in [0.5, 0.6) is 0 Å². The first-order valence-electron chi connectivity index (χ1n) is 40.3. The lowest BCUT2D eigenvalue weighted by Crippen LogP contribution is -3.00. The zero-order chi connectivity index (χ0) is 85.2. The van der Waals surface area contributed by atoms with E-state index in [1.165, 1.54) is 46.0 Å². The number of azide groups is 2. The maximum Gasteiger partial charge on any atom is 0.308 e. The van der Waals surface area contributed by atoms with Crippen LogP contribution in [0.1, 0.15) is 89.2 Å². The number of hydrogen-bond acceptors (Lipinski definition) is 28. The fourth-order valence-corrected chi connectivity index (χ4v) is 10.0. The number of esters is 2. The predicted molar refractivity (Wildman–Crippen MR) is 442 cm³/mol. The van der Waals surface area contributed by atoms with Crippen LogP contribution < -0.4 is 143 Å². The third kappa shape index (κ3) is 74.0. The lowest BCUT2D eigenvalue weighted by atomic mass is 10.1. The van der Waals surface area contributed by atoms with Gasteiger partial charge in [-0.25, -0.2) is 0 Å². The minimum atomic E-state index is -1.39. The van der Waals surface area contributed by atoms with Gasteiger partial charge >= 0.3 is 11.9 Å². The van der Waals surface area contributed by atoms with Gasteiger partial charge in [0, 0.05) is 181 Å². The maximum atomic E-state index is 13.4. The van der Waals surface area contributed by atoms with Gasteiger partial charge in [-0.15, -0.1) is 0 Å². The van der Waals surface area contributed by atoms with Gasteiger partial charge in [-0.1, -0.05) is 83.7 Å². The summed E-state index contributed by atoms with van der Waals surface area (Å²) in [5.41, 5.74) is 36.5. The van der Waals surface area contributed by atoms with Crippen molar-refractivity contribution in [3.8, 4) is 0 Å². The van der Waals surface area contributed by atoms with Crippen LogP contribution in [0, 0.1) is 0 Å². The molecule has 118 heavy (non-hydrogen) atoms. The van der Waals surface area contributed by atoms with Crippen molar-refractivity contribution in [1.29, 1.82) is 0 Å². The largest absolute Gasteiger partial charge is 1.00 e. The van der Waals surface area contributed by atoms with E-state index in [-0.39, 0.29) is 110 Å². The number of nitrogens with zero attached hydrogens (tertiary/aromatic N) is 6. The molecule has 2 aromatic carbocycles. The van der Waals surface area contributed by atoms with Crippen LogP contribution in [-0.2, 0) is 80.1 Å². The Kier molecular flexibility index (Phi) is 82.1. The number of rotatable bonds is 73. The van der Waals surface area contributed by atoms with Gasteiger partial charge in [0.1, 0.15) is 37.4 Å². The molecule has 0 saturated heterocycles. The third-order valence-electron chi connectivity index (χ3n) is 16.0. The first kappa shape index (κ1) is 114. The molecule has 42 nitrogen and oxygen atoms in total. The molecule has 0 aliphatic carbocycles. The average Bonchev–Trinajstić information content (AvgIpc) is 0.879. The summed E-state index contributed by atoms with van der Waals surface area (Å²) in [7, 11) is 0. The van der Waals surface area contributed by atoms with E-state index < -0.39 is 96.2 Å². The van der Waals surface area contributed by atoms with Crippen molar-refractivity contribution in [3.63, 3.8) is 0 Å². The zero-order valence-corrected chi connectivity index (χ0v) is 70.8. The van der Waals surface area contributed by atoms with Crippen LogP contribution in [0.3, 0.4) is 0 Å². The summed E-state index contributed by atoms with van der Waals surface area (Å²) in [6.45, 7) is 24.0. The van der Waals surface area contributed by atoms with Crippen molar-refractivity contribution >= 4 is 59.2 Å². The first-order chi connectivity index (χ1) is 56.4. The van der Waals surface area contributed by atoms with Crippen LogP contribution in [0.2, 0.25) is 0 Å². The summed E-state index contributed by atoms with van der Waals surface area (Å²) in [5.74, 6) is -6.66. The molecule has 0 spiro atoms. The Balaban J connectivity index is -0.00000191. The van der Waals surface area contributed by atoms with Crippen molar-refractivity contribution in [3.05, 3.63) is 92.7 Å². The minimum absolute atomic E-state index is 0. The van der Waals surface area contributed by atoms with Crippen LogP contribution in [0.4, 0.5) is 0 Å². The van der Waals surface area contributed by atoms with E-state index in [9.17, 15) is 47.9 Å². The van der Waals surface area contributed by atoms with Crippen LogP contribution in [0.15, 0.2) is 70.9 Å². The lowest BCUT2D eigenvalue weighted by molar-refractivity contribution is -0.365. The fraction of sp³-hybridized carbons (Fsp3) is 0.703. The fourth-order valence-electron chi connectivity index (χ4n) is 10.0. The van der Waals surface area contributed by atoms with Crippen molar-refractivity contribution in [2.24, 2.45) is 21.7 Å². The molecular weight excluding hydrogens is 1580 g/mol. The van der Waals surface area contributed by atoms with Crippen LogP contribution in [0.25, 0.3) is 20.9 Å². The van der Waals surface area contributed by atoms with Crippen molar-refractivity contribution in [2.45, 2.75) is 115 Å².